The molecule has 7 nitrogen and oxygen atoms in total. The van der Waals surface area contributed by atoms with Crippen molar-refractivity contribution in [1.29, 1.82) is 0 Å². The molecule has 0 aliphatic heterocycles. The van der Waals surface area contributed by atoms with Crippen molar-refractivity contribution >= 4 is 24.2 Å². The van der Waals surface area contributed by atoms with Gasteiger partial charge in [-0.3, -0.25) is 14.9 Å². The Bertz CT molecular complexity index is 464. The molecule has 0 fully saturated rings. The highest BCUT2D eigenvalue weighted by Crippen LogP contribution is 2.10. The first-order valence-electron chi connectivity index (χ1n) is 5.40. The highest BCUT2D eigenvalue weighted by molar-refractivity contribution is 6.60. The number of non-ortho nitro benzene ring substituents is 1. The second kappa shape index (κ2) is 6.13. The van der Waals surface area contributed by atoms with E-state index in [9.17, 15) is 14.9 Å². The van der Waals surface area contributed by atoms with Gasteiger partial charge < -0.3 is 15.4 Å². The highest BCUT2D eigenvalue weighted by Gasteiger charge is 2.23. The summed E-state index contributed by atoms with van der Waals surface area (Å²) in [7, 11) is -1.94. The van der Waals surface area contributed by atoms with E-state index in [1.165, 1.54) is 6.07 Å². The predicted octanol–water partition coefficient (Wildman–Crippen LogP) is -0.586. The van der Waals surface area contributed by atoms with E-state index in [0.29, 0.717) is 6.54 Å². The van der Waals surface area contributed by atoms with Crippen molar-refractivity contribution in [2.75, 3.05) is 6.54 Å². The van der Waals surface area contributed by atoms with Gasteiger partial charge in [0.2, 0.25) is 0 Å². The highest BCUT2D eigenvalue weighted by atomic mass is 16.6. The standard InChI is InChI=1S/C10H13BN2O5/c1-2-5-12-10(14)8-4-3-7(13(17)18)6-9(8)11(15)16/h3-4,6,15-16H,2,5H2,1H3,(H,12,14). The van der Waals surface area contributed by atoms with Crippen LogP contribution in [0.15, 0.2) is 18.2 Å². The summed E-state index contributed by atoms with van der Waals surface area (Å²) in [6.07, 6.45) is 0.732. The van der Waals surface area contributed by atoms with Crippen molar-refractivity contribution < 1.29 is 19.8 Å². The normalized spacial score (nSPS) is 9.94. The van der Waals surface area contributed by atoms with Crippen molar-refractivity contribution in [1.82, 2.24) is 5.32 Å². The Morgan fingerprint density at radius 1 is 1.50 bits per heavy atom. The second-order valence-corrected chi connectivity index (χ2v) is 3.66. The van der Waals surface area contributed by atoms with Crippen LogP contribution >= 0.6 is 0 Å². The van der Waals surface area contributed by atoms with Gasteiger partial charge in [0.05, 0.1) is 4.92 Å². The van der Waals surface area contributed by atoms with E-state index in [1.807, 2.05) is 6.92 Å². The van der Waals surface area contributed by atoms with Gasteiger partial charge in [-0.15, -0.1) is 0 Å². The summed E-state index contributed by atoms with van der Waals surface area (Å²) in [5, 5.41) is 31.4. The van der Waals surface area contributed by atoms with Crippen LogP contribution in [0.3, 0.4) is 0 Å². The summed E-state index contributed by atoms with van der Waals surface area (Å²) >= 11 is 0. The second-order valence-electron chi connectivity index (χ2n) is 3.66. The van der Waals surface area contributed by atoms with Gasteiger partial charge in [0.25, 0.3) is 11.6 Å². The fourth-order valence-electron chi connectivity index (χ4n) is 1.42. The molecule has 0 spiro atoms. The molecule has 1 rings (SSSR count). The van der Waals surface area contributed by atoms with Crippen molar-refractivity contribution in [2.45, 2.75) is 13.3 Å². The van der Waals surface area contributed by atoms with Gasteiger partial charge in [-0.25, -0.2) is 0 Å². The Morgan fingerprint density at radius 3 is 2.67 bits per heavy atom. The molecule has 0 heterocycles. The molecular weight excluding hydrogens is 239 g/mol. The maximum absolute atomic E-state index is 11.7. The number of nitro groups is 1. The first kappa shape index (κ1) is 14.1. The predicted molar refractivity (Wildman–Crippen MR) is 65.5 cm³/mol. The van der Waals surface area contributed by atoms with Crippen LogP contribution in [0.2, 0.25) is 0 Å². The molecule has 0 saturated heterocycles. The maximum atomic E-state index is 11.7. The van der Waals surface area contributed by atoms with E-state index >= 15 is 0 Å². The molecule has 0 aromatic heterocycles. The topological polar surface area (TPSA) is 113 Å². The summed E-state index contributed by atoms with van der Waals surface area (Å²) in [6, 6.07) is 3.33. The van der Waals surface area contributed by atoms with Crippen molar-refractivity contribution in [2.24, 2.45) is 0 Å². The molecule has 18 heavy (non-hydrogen) atoms. The van der Waals surface area contributed by atoms with Gasteiger partial charge in [0.1, 0.15) is 0 Å². The van der Waals surface area contributed by atoms with E-state index in [0.717, 1.165) is 18.6 Å². The van der Waals surface area contributed by atoms with Crippen molar-refractivity contribution in [3.63, 3.8) is 0 Å². The monoisotopic (exact) mass is 252 g/mol. The van der Waals surface area contributed by atoms with E-state index in [1.54, 1.807) is 0 Å². The van der Waals surface area contributed by atoms with Crippen molar-refractivity contribution in [3.05, 3.63) is 33.9 Å². The molecule has 96 valence electrons. The molecule has 0 bridgehead atoms. The number of benzene rings is 1. The minimum absolute atomic E-state index is 0.0176. The Kier molecular flexibility index (Phi) is 4.81. The number of nitrogens with zero attached hydrogens (tertiary/aromatic N) is 1. The molecule has 3 N–H and O–H groups in total. The number of hydrogen-bond donors (Lipinski definition) is 3. The quantitative estimate of drug-likeness (QED) is 0.368. The number of nitrogens with one attached hydrogen (secondary N) is 1. The minimum atomic E-state index is -1.94. The molecule has 0 atom stereocenters. The lowest BCUT2D eigenvalue weighted by molar-refractivity contribution is -0.384. The van der Waals surface area contributed by atoms with Crippen LogP contribution in [0.1, 0.15) is 23.7 Å². The summed E-state index contributed by atoms with van der Waals surface area (Å²) in [6.45, 7) is 2.31. The number of rotatable bonds is 5. The number of hydrogen-bond acceptors (Lipinski definition) is 5. The average Bonchev–Trinajstić information content (AvgIpc) is 2.34. The third-order valence-corrected chi connectivity index (χ3v) is 2.30. The zero-order chi connectivity index (χ0) is 13.7. The van der Waals surface area contributed by atoms with Crippen LogP contribution in [-0.4, -0.2) is 34.5 Å². The lowest BCUT2D eigenvalue weighted by atomic mass is 9.76. The zero-order valence-electron chi connectivity index (χ0n) is 9.79. The summed E-state index contributed by atoms with van der Waals surface area (Å²) in [5.74, 6) is -0.491. The van der Waals surface area contributed by atoms with Crippen LogP contribution < -0.4 is 10.8 Å². The van der Waals surface area contributed by atoms with Gasteiger partial charge in [-0.1, -0.05) is 6.92 Å². The Hall–Kier alpha value is -1.93. The summed E-state index contributed by atoms with van der Waals surface area (Å²) in [5.41, 5.74) is -0.466. The van der Waals surface area contributed by atoms with Gasteiger partial charge in [-0.05, 0) is 12.5 Å². The van der Waals surface area contributed by atoms with Crippen LogP contribution in [0.25, 0.3) is 0 Å². The molecular formula is C10H13BN2O5. The average molecular weight is 252 g/mol. The number of carbonyl (C=O) groups excluding carboxylic acids is 1. The van der Waals surface area contributed by atoms with E-state index in [2.05, 4.69) is 5.32 Å². The first-order valence-corrected chi connectivity index (χ1v) is 5.40. The summed E-state index contributed by atoms with van der Waals surface area (Å²) in [4.78, 5) is 21.6. The smallest absolute Gasteiger partial charge is 0.423 e. The molecule has 0 aliphatic rings. The molecule has 1 aromatic rings. The first-order chi connectivity index (χ1) is 8.47. The number of nitro benzene ring substituents is 1. The van der Waals surface area contributed by atoms with Crippen LogP contribution in [0.5, 0.6) is 0 Å². The third kappa shape index (κ3) is 3.28. The molecule has 8 heteroatoms. The van der Waals surface area contributed by atoms with Crippen LogP contribution in [0.4, 0.5) is 5.69 Å². The van der Waals surface area contributed by atoms with Crippen molar-refractivity contribution in [3.8, 4) is 0 Å². The molecule has 0 radical (unpaired) electrons. The van der Waals surface area contributed by atoms with Gasteiger partial charge in [0.15, 0.2) is 0 Å². The Morgan fingerprint density at radius 2 is 2.17 bits per heavy atom. The maximum Gasteiger partial charge on any atom is 0.489 e. The largest absolute Gasteiger partial charge is 0.489 e. The van der Waals surface area contributed by atoms with Gasteiger partial charge in [0, 0.05) is 29.7 Å². The lowest BCUT2D eigenvalue weighted by Crippen LogP contribution is -2.38. The fourth-order valence-corrected chi connectivity index (χ4v) is 1.42. The molecule has 0 aliphatic carbocycles. The van der Waals surface area contributed by atoms with E-state index in [4.69, 9.17) is 10.0 Å². The van der Waals surface area contributed by atoms with Crippen LogP contribution in [-0.2, 0) is 0 Å². The zero-order valence-corrected chi connectivity index (χ0v) is 9.79. The van der Waals surface area contributed by atoms with Gasteiger partial charge >= 0.3 is 7.12 Å². The Balaban J connectivity index is 3.11. The molecule has 1 aromatic carbocycles. The SMILES string of the molecule is CCCNC(=O)c1ccc([N+](=O)[O-])cc1B(O)O. The molecule has 0 saturated carbocycles. The Labute approximate surface area is 104 Å². The molecule has 0 unspecified atom stereocenters. The minimum Gasteiger partial charge on any atom is -0.423 e. The van der Waals surface area contributed by atoms with Gasteiger partial charge in [-0.2, -0.15) is 0 Å². The molecule has 1 amide bonds. The number of carbonyl (C=O) groups is 1. The van der Waals surface area contributed by atoms with E-state index in [-0.39, 0.29) is 16.7 Å². The fraction of sp³-hybridized carbons (Fsp3) is 0.300. The summed E-state index contributed by atoms with van der Waals surface area (Å²) < 4.78 is 0. The lowest BCUT2D eigenvalue weighted by Gasteiger charge is -2.08. The third-order valence-electron chi connectivity index (χ3n) is 2.30. The van der Waals surface area contributed by atoms with Crippen LogP contribution in [0, 0.1) is 10.1 Å². The number of amides is 1. The van der Waals surface area contributed by atoms with E-state index < -0.39 is 17.9 Å².